The van der Waals surface area contributed by atoms with Crippen LogP contribution in [0.5, 0.6) is 5.88 Å². The van der Waals surface area contributed by atoms with Crippen molar-refractivity contribution in [3.05, 3.63) is 48.3 Å². The second-order valence-electron chi connectivity index (χ2n) is 5.67. The molecule has 0 saturated heterocycles. The quantitative estimate of drug-likeness (QED) is 0.842. The Hall–Kier alpha value is -2.10. The summed E-state index contributed by atoms with van der Waals surface area (Å²) in [6.07, 6.45) is 3.58. The molecule has 2 aromatic rings. The molecule has 1 heterocycles. The highest BCUT2D eigenvalue weighted by Gasteiger charge is 2.18. The van der Waals surface area contributed by atoms with Gasteiger partial charge in [-0.05, 0) is 39.2 Å². The molecule has 21 heavy (non-hydrogen) atoms. The van der Waals surface area contributed by atoms with Crippen molar-refractivity contribution in [3.8, 4) is 5.88 Å². The van der Waals surface area contributed by atoms with E-state index in [0.29, 0.717) is 12.5 Å². The summed E-state index contributed by atoms with van der Waals surface area (Å²) in [5.74, 6) is 1.40. The zero-order valence-corrected chi connectivity index (χ0v) is 13.0. The highest BCUT2D eigenvalue weighted by Crippen LogP contribution is 2.20. The van der Waals surface area contributed by atoms with Crippen LogP contribution in [0.1, 0.15) is 32.8 Å². The highest BCUT2D eigenvalue weighted by atomic mass is 16.5. The first-order valence-corrected chi connectivity index (χ1v) is 7.36. The Kier molecular flexibility index (Phi) is 5.14. The largest absolute Gasteiger partial charge is 0.478 e. The molecule has 0 fully saturated rings. The first-order chi connectivity index (χ1) is 10.1. The van der Waals surface area contributed by atoms with Gasteiger partial charge in [0.25, 0.3) is 0 Å². The summed E-state index contributed by atoms with van der Waals surface area (Å²) in [6.45, 7) is 6.91. The van der Waals surface area contributed by atoms with Crippen LogP contribution < -0.4 is 10.1 Å². The summed E-state index contributed by atoms with van der Waals surface area (Å²) in [5.41, 5.74) is 1.30. The number of anilines is 1. The van der Waals surface area contributed by atoms with E-state index >= 15 is 0 Å². The lowest BCUT2D eigenvalue weighted by Gasteiger charge is -2.27. The summed E-state index contributed by atoms with van der Waals surface area (Å²) in [5, 5.41) is 3.46. The van der Waals surface area contributed by atoms with E-state index in [9.17, 15) is 0 Å². The van der Waals surface area contributed by atoms with Gasteiger partial charge >= 0.3 is 0 Å². The monoisotopic (exact) mass is 285 g/mol. The van der Waals surface area contributed by atoms with Crippen molar-refractivity contribution in [3.63, 3.8) is 0 Å². The van der Waals surface area contributed by atoms with Crippen LogP contribution in [0.4, 0.5) is 5.82 Å². The smallest absolute Gasteiger partial charge is 0.218 e. The molecule has 1 aromatic heterocycles. The second-order valence-corrected chi connectivity index (χ2v) is 5.67. The third-order valence-electron chi connectivity index (χ3n) is 3.28. The summed E-state index contributed by atoms with van der Waals surface area (Å²) >= 11 is 0. The van der Waals surface area contributed by atoms with Crippen LogP contribution in [0, 0.1) is 0 Å². The predicted molar refractivity (Wildman–Crippen MR) is 85.7 cm³/mol. The minimum Gasteiger partial charge on any atom is -0.478 e. The lowest BCUT2D eigenvalue weighted by Crippen LogP contribution is -2.31. The van der Waals surface area contributed by atoms with Crippen molar-refractivity contribution in [1.29, 1.82) is 0 Å². The summed E-state index contributed by atoms with van der Waals surface area (Å²) in [4.78, 5) is 8.34. The normalized spacial score (nSPS) is 11.2. The molecule has 0 bridgehead atoms. The Balaban J connectivity index is 1.95. The molecule has 1 N–H and O–H groups in total. The third-order valence-corrected chi connectivity index (χ3v) is 3.28. The third kappa shape index (κ3) is 5.06. The van der Waals surface area contributed by atoms with Crippen LogP contribution in [0.25, 0.3) is 0 Å². The Morgan fingerprint density at radius 2 is 1.90 bits per heavy atom. The summed E-state index contributed by atoms with van der Waals surface area (Å²) in [6, 6.07) is 12.4. The zero-order chi connectivity index (χ0) is 15.1. The minimum atomic E-state index is -0.0479. The van der Waals surface area contributed by atoms with Gasteiger partial charge in [0.15, 0.2) is 0 Å². The van der Waals surface area contributed by atoms with Crippen LogP contribution in [0.3, 0.4) is 0 Å². The fourth-order valence-corrected chi connectivity index (χ4v) is 2.15. The van der Waals surface area contributed by atoms with Crippen molar-refractivity contribution >= 4 is 5.82 Å². The zero-order valence-electron chi connectivity index (χ0n) is 13.0. The number of aromatic nitrogens is 2. The molecule has 2 rings (SSSR count). The number of rotatable bonds is 7. The van der Waals surface area contributed by atoms with Gasteiger partial charge in [-0.25, -0.2) is 9.97 Å². The maximum absolute atomic E-state index is 5.40. The van der Waals surface area contributed by atoms with Crippen molar-refractivity contribution in [2.75, 3.05) is 11.9 Å². The van der Waals surface area contributed by atoms with Crippen LogP contribution in [0.15, 0.2) is 42.7 Å². The molecular formula is C17H23N3O. The number of benzene rings is 1. The van der Waals surface area contributed by atoms with Crippen molar-refractivity contribution in [2.45, 2.75) is 39.2 Å². The fraction of sp³-hybridized carbons (Fsp3) is 0.412. The molecule has 0 saturated carbocycles. The molecule has 0 aliphatic carbocycles. The fourth-order valence-electron chi connectivity index (χ4n) is 2.15. The van der Waals surface area contributed by atoms with Gasteiger partial charge in [-0.3, -0.25) is 0 Å². The Labute approximate surface area is 126 Å². The van der Waals surface area contributed by atoms with Gasteiger partial charge in [0.05, 0.1) is 6.61 Å². The number of ether oxygens (including phenoxy) is 1. The van der Waals surface area contributed by atoms with Crippen LogP contribution in [-0.2, 0) is 6.42 Å². The first kappa shape index (κ1) is 15.3. The van der Waals surface area contributed by atoms with E-state index < -0.39 is 0 Å². The Bertz CT molecular complexity index is 555. The van der Waals surface area contributed by atoms with Crippen LogP contribution in [-0.4, -0.2) is 22.1 Å². The van der Waals surface area contributed by atoms with E-state index in [1.54, 1.807) is 0 Å². The molecule has 112 valence electrons. The van der Waals surface area contributed by atoms with E-state index in [-0.39, 0.29) is 5.54 Å². The molecule has 0 atom stereocenters. The minimum absolute atomic E-state index is 0.0479. The molecule has 0 unspecified atom stereocenters. The van der Waals surface area contributed by atoms with Crippen molar-refractivity contribution in [2.24, 2.45) is 0 Å². The Morgan fingerprint density at radius 1 is 1.14 bits per heavy atom. The maximum Gasteiger partial charge on any atom is 0.218 e. The number of hydrogen-bond acceptors (Lipinski definition) is 4. The van der Waals surface area contributed by atoms with Gasteiger partial charge in [-0.2, -0.15) is 0 Å². The van der Waals surface area contributed by atoms with Crippen LogP contribution in [0.2, 0.25) is 0 Å². The Morgan fingerprint density at radius 3 is 2.62 bits per heavy atom. The van der Waals surface area contributed by atoms with E-state index in [4.69, 9.17) is 4.74 Å². The SMILES string of the molecule is CCOc1cc(NC(C)(C)CCc2ccccc2)ncn1. The van der Waals surface area contributed by atoms with Crippen LogP contribution >= 0.6 is 0 Å². The molecular weight excluding hydrogens is 262 g/mol. The van der Waals surface area contributed by atoms with Gasteiger partial charge in [0.1, 0.15) is 12.1 Å². The summed E-state index contributed by atoms with van der Waals surface area (Å²) in [7, 11) is 0. The van der Waals surface area contributed by atoms with Gasteiger partial charge in [0.2, 0.25) is 5.88 Å². The molecule has 4 nitrogen and oxygen atoms in total. The predicted octanol–water partition coefficient (Wildman–Crippen LogP) is 3.70. The maximum atomic E-state index is 5.40. The average Bonchev–Trinajstić information content (AvgIpc) is 2.47. The van der Waals surface area contributed by atoms with E-state index in [2.05, 4.69) is 53.4 Å². The molecule has 1 aromatic carbocycles. The molecule has 0 radical (unpaired) electrons. The van der Waals surface area contributed by atoms with Gasteiger partial charge in [-0.15, -0.1) is 0 Å². The van der Waals surface area contributed by atoms with Gasteiger partial charge in [0, 0.05) is 11.6 Å². The van der Waals surface area contributed by atoms with Gasteiger partial charge < -0.3 is 10.1 Å². The molecule has 0 spiro atoms. The summed E-state index contributed by atoms with van der Waals surface area (Å²) < 4.78 is 5.40. The molecule has 0 aliphatic heterocycles. The molecule has 0 amide bonds. The van der Waals surface area contributed by atoms with Crippen molar-refractivity contribution in [1.82, 2.24) is 9.97 Å². The van der Waals surface area contributed by atoms with Crippen molar-refractivity contribution < 1.29 is 4.74 Å². The molecule has 4 heteroatoms. The number of nitrogens with one attached hydrogen (secondary N) is 1. The van der Waals surface area contributed by atoms with E-state index in [1.165, 1.54) is 11.9 Å². The number of hydrogen-bond donors (Lipinski definition) is 1. The molecule has 0 aliphatic rings. The lowest BCUT2D eigenvalue weighted by atomic mass is 9.95. The van der Waals surface area contributed by atoms with Gasteiger partial charge in [-0.1, -0.05) is 30.3 Å². The lowest BCUT2D eigenvalue weighted by molar-refractivity contribution is 0.326. The highest BCUT2D eigenvalue weighted by molar-refractivity contribution is 5.39. The number of aryl methyl sites for hydroxylation is 1. The average molecular weight is 285 g/mol. The van der Waals surface area contributed by atoms with E-state index in [1.807, 2.05) is 19.1 Å². The number of nitrogens with zero attached hydrogens (tertiary/aromatic N) is 2. The van der Waals surface area contributed by atoms with E-state index in [0.717, 1.165) is 18.7 Å². The standard InChI is InChI=1S/C17H23N3O/c1-4-21-16-12-15(18-13-19-16)20-17(2,3)11-10-14-8-6-5-7-9-14/h5-9,12-13H,4,10-11H2,1-3H3,(H,18,19,20). The first-order valence-electron chi connectivity index (χ1n) is 7.36. The topological polar surface area (TPSA) is 47.0 Å². The second kappa shape index (κ2) is 7.07.